The first-order chi connectivity index (χ1) is 14.3. The molecular formula is C23H24N2O4S. The van der Waals surface area contributed by atoms with Gasteiger partial charge in [0.15, 0.2) is 0 Å². The Labute approximate surface area is 177 Å². The molecule has 0 heterocycles. The maximum atomic E-state index is 13.0. The van der Waals surface area contributed by atoms with Gasteiger partial charge >= 0.3 is 0 Å². The average molecular weight is 425 g/mol. The lowest BCUT2D eigenvalue weighted by molar-refractivity contribution is 0.0940. The van der Waals surface area contributed by atoms with E-state index in [-0.39, 0.29) is 16.8 Å². The maximum absolute atomic E-state index is 13.0. The summed E-state index contributed by atoms with van der Waals surface area (Å²) in [5, 5.41) is 2.94. The Bertz CT molecular complexity index is 1110. The van der Waals surface area contributed by atoms with Crippen LogP contribution in [0.25, 0.3) is 0 Å². The average Bonchev–Trinajstić information content (AvgIpc) is 2.79. The number of benzene rings is 3. The summed E-state index contributed by atoms with van der Waals surface area (Å²) in [5.74, 6) is 0.297. The second kappa shape index (κ2) is 9.00. The highest BCUT2D eigenvalue weighted by molar-refractivity contribution is 7.92. The largest absolute Gasteiger partial charge is 0.497 e. The summed E-state index contributed by atoms with van der Waals surface area (Å²) >= 11 is 0. The lowest BCUT2D eigenvalue weighted by Crippen LogP contribution is -2.28. The molecule has 1 unspecified atom stereocenters. The summed E-state index contributed by atoms with van der Waals surface area (Å²) in [7, 11) is -0.799. The van der Waals surface area contributed by atoms with Gasteiger partial charge in [-0.1, -0.05) is 36.4 Å². The first kappa shape index (κ1) is 21.4. The van der Waals surface area contributed by atoms with Crippen molar-refractivity contribution in [2.24, 2.45) is 0 Å². The number of hydrogen-bond acceptors (Lipinski definition) is 4. The van der Waals surface area contributed by atoms with E-state index in [9.17, 15) is 13.2 Å². The topological polar surface area (TPSA) is 75.7 Å². The molecule has 0 aliphatic heterocycles. The lowest BCUT2D eigenvalue weighted by atomic mass is 10.1. The molecule has 0 bridgehead atoms. The third-order valence-corrected chi connectivity index (χ3v) is 6.64. The maximum Gasteiger partial charge on any atom is 0.264 e. The van der Waals surface area contributed by atoms with Gasteiger partial charge in [-0.15, -0.1) is 0 Å². The second-order valence-electron chi connectivity index (χ2n) is 6.80. The number of carbonyl (C=O) groups is 1. The minimum absolute atomic E-state index is 0.137. The Morgan fingerprint density at radius 1 is 0.967 bits per heavy atom. The fourth-order valence-electron chi connectivity index (χ4n) is 2.99. The first-order valence-corrected chi connectivity index (χ1v) is 10.9. The van der Waals surface area contributed by atoms with Crippen LogP contribution in [0.4, 0.5) is 5.69 Å². The van der Waals surface area contributed by atoms with Crippen molar-refractivity contribution in [2.45, 2.75) is 17.9 Å². The van der Waals surface area contributed by atoms with Crippen LogP contribution in [-0.4, -0.2) is 28.5 Å². The van der Waals surface area contributed by atoms with E-state index in [4.69, 9.17) is 4.74 Å². The summed E-state index contributed by atoms with van der Waals surface area (Å²) < 4.78 is 32.2. The van der Waals surface area contributed by atoms with E-state index in [0.717, 1.165) is 9.87 Å². The predicted octanol–water partition coefficient (Wildman–Crippen LogP) is 4.01. The molecule has 3 aromatic carbocycles. The molecule has 3 rings (SSSR count). The van der Waals surface area contributed by atoms with Crippen molar-refractivity contribution in [3.8, 4) is 5.75 Å². The van der Waals surface area contributed by atoms with Crippen molar-refractivity contribution >= 4 is 21.6 Å². The molecule has 0 aliphatic carbocycles. The molecule has 0 spiro atoms. The third kappa shape index (κ3) is 4.63. The van der Waals surface area contributed by atoms with Crippen molar-refractivity contribution < 1.29 is 17.9 Å². The minimum atomic E-state index is -3.78. The summed E-state index contributed by atoms with van der Waals surface area (Å²) in [6.45, 7) is 1.90. The number of anilines is 1. The van der Waals surface area contributed by atoms with Crippen LogP contribution in [0, 0.1) is 0 Å². The molecule has 0 aliphatic rings. The van der Waals surface area contributed by atoms with Crippen LogP contribution in [0.5, 0.6) is 5.75 Å². The zero-order valence-corrected chi connectivity index (χ0v) is 17.9. The van der Waals surface area contributed by atoms with Crippen LogP contribution in [0.2, 0.25) is 0 Å². The first-order valence-electron chi connectivity index (χ1n) is 9.42. The van der Waals surface area contributed by atoms with E-state index in [1.165, 1.54) is 26.3 Å². The Kier molecular flexibility index (Phi) is 6.42. The molecule has 7 heteroatoms. The minimum Gasteiger partial charge on any atom is -0.497 e. The van der Waals surface area contributed by atoms with E-state index >= 15 is 0 Å². The highest BCUT2D eigenvalue weighted by Gasteiger charge is 2.22. The highest BCUT2D eigenvalue weighted by Crippen LogP contribution is 2.24. The van der Waals surface area contributed by atoms with Crippen LogP contribution in [0.3, 0.4) is 0 Å². The Balaban J connectivity index is 1.80. The van der Waals surface area contributed by atoms with Gasteiger partial charge in [0.1, 0.15) is 5.75 Å². The van der Waals surface area contributed by atoms with Crippen LogP contribution in [0.15, 0.2) is 83.8 Å². The van der Waals surface area contributed by atoms with Gasteiger partial charge in [0.2, 0.25) is 0 Å². The molecule has 156 valence electrons. The number of carbonyl (C=O) groups excluding carboxylic acids is 1. The monoisotopic (exact) mass is 424 g/mol. The second-order valence-corrected chi connectivity index (χ2v) is 8.77. The number of amides is 1. The standard InChI is InChI=1S/C23H24N2O4S/c1-17(18-8-5-4-6-9-18)24-23(26)19-10-7-11-20(16-19)25(2)30(27,28)22-14-12-21(29-3)13-15-22/h4-17H,1-3H3,(H,24,26). The van der Waals surface area contributed by atoms with Crippen molar-refractivity contribution in [3.05, 3.63) is 90.0 Å². The molecule has 3 aromatic rings. The van der Waals surface area contributed by atoms with Gasteiger partial charge in [-0.2, -0.15) is 0 Å². The molecule has 1 atom stereocenters. The predicted molar refractivity (Wildman–Crippen MR) is 117 cm³/mol. The Morgan fingerprint density at radius 2 is 1.63 bits per heavy atom. The summed E-state index contributed by atoms with van der Waals surface area (Å²) in [4.78, 5) is 12.8. The zero-order valence-electron chi connectivity index (χ0n) is 17.1. The number of nitrogens with zero attached hydrogens (tertiary/aromatic N) is 1. The van der Waals surface area contributed by atoms with E-state index in [1.54, 1.807) is 36.4 Å². The van der Waals surface area contributed by atoms with Crippen molar-refractivity contribution in [3.63, 3.8) is 0 Å². The molecule has 0 radical (unpaired) electrons. The van der Waals surface area contributed by atoms with Crippen LogP contribution < -0.4 is 14.4 Å². The van der Waals surface area contributed by atoms with E-state index < -0.39 is 10.0 Å². The molecule has 30 heavy (non-hydrogen) atoms. The summed E-state index contributed by atoms with van der Waals surface area (Å²) in [5.41, 5.74) is 1.76. The van der Waals surface area contributed by atoms with Gasteiger partial charge in [0.25, 0.3) is 15.9 Å². The van der Waals surface area contributed by atoms with E-state index in [2.05, 4.69) is 5.32 Å². The normalized spacial score (nSPS) is 12.1. The van der Waals surface area contributed by atoms with Gasteiger partial charge in [0, 0.05) is 12.6 Å². The number of hydrogen-bond donors (Lipinski definition) is 1. The molecule has 6 nitrogen and oxygen atoms in total. The van der Waals surface area contributed by atoms with Crippen LogP contribution >= 0.6 is 0 Å². The Hall–Kier alpha value is -3.32. The summed E-state index contributed by atoms with van der Waals surface area (Å²) in [6.07, 6.45) is 0. The van der Waals surface area contributed by atoms with Crippen LogP contribution in [-0.2, 0) is 10.0 Å². The molecule has 1 N–H and O–H groups in total. The van der Waals surface area contributed by atoms with Gasteiger partial charge in [0.05, 0.1) is 23.7 Å². The van der Waals surface area contributed by atoms with Crippen molar-refractivity contribution in [1.82, 2.24) is 5.32 Å². The Morgan fingerprint density at radius 3 is 2.27 bits per heavy atom. The van der Waals surface area contributed by atoms with Gasteiger partial charge in [-0.25, -0.2) is 8.42 Å². The molecule has 0 aromatic heterocycles. The number of methoxy groups -OCH3 is 1. The number of sulfonamides is 1. The molecule has 0 saturated carbocycles. The fourth-order valence-corrected chi connectivity index (χ4v) is 4.18. The van der Waals surface area contributed by atoms with Gasteiger partial charge in [-0.05, 0) is 55.0 Å². The van der Waals surface area contributed by atoms with E-state index in [0.29, 0.717) is 17.0 Å². The quantitative estimate of drug-likeness (QED) is 0.622. The molecule has 0 saturated heterocycles. The molecule has 1 amide bonds. The molecular weight excluding hydrogens is 400 g/mol. The lowest BCUT2D eigenvalue weighted by Gasteiger charge is -2.21. The van der Waals surface area contributed by atoms with Gasteiger partial charge < -0.3 is 10.1 Å². The third-order valence-electron chi connectivity index (χ3n) is 4.84. The zero-order chi connectivity index (χ0) is 21.7. The van der Waals surface area contributed by atoms with Crippen LogP contribution in [0.1, 0.15) is 28.9 Å². The SMILES string of the molecule is COc1ccc(S(=O)(=O)N(C)c2cccc(C(=O)NC(C)c3ccccc3)c2)cc1. The highest BCUT2D eigenvalue weighted by atomic mass is 32.2. The molecule has 0 fully saturated rings. The number of nitrogens with one attached hydrogen (secondary N) is 1. The number of rotatable bonds is 7. The van der Waals surface area contributed by atoms with Gasteiger partial charge in [-0.3, -0.25) is 9.10 Å². The fraction of sp³-hybridized carbons (Fsp3) is 0.174. The van der Waals surface area contributed by atoms with Crippen molar-refractivity contribution in [2.75, 3.05) is 18.5 Å². The van der Waals surface area contributed by atoms with Crippen molar-refractivity contribution in [1.29, 1.82) is 0 Å². The summed E-state index contributed by atoms with van der Waals surface area (Å²) in [6, 6.07) is 22.1. The van der Waals surface area contributed by atoms with E-state index in [1.807, 2.05) is 37.3 Å². The smallest absolute Gasteiger partial charge is 0.264 e. The number of ether oxygens (including phenoxy) is 1.